The Hall–Kier alpha value is -1.11. The first-order chi connectivity index (χ1) is 12.2. The minimum atomic E-state index is 0.124. The molecule has 2 aliphatic rings. The largest absolute Gasteiger partial charge is 0.376 e. The predicted molar refractivity (Wildman–Crippen MR) is 105 cm³/mol. The van der Waals surface area contributed by atoms with Gasteiger partial charge in [0.25, 0.3) is 5.56 Å². The van der Waals surface area contributed by atoms with E-state index in [4.69, 9.17) is 9.72 Å². The first-order valence-electron chi connectivity index (χ1n) is 9.07. The third kappa shape index (κ3) is 3.32. The van der Waals surface area contributed by atoms with Crippen molar-refractivity contribution in [2.45, 2.75) is 56.8 Å². The Morgan fingerprint density at radius 1 is 1.48 bits per heavy atom. The van der Waals surface area contributed by atoms with E-state index in [0.717, 1.165) is 59.8 Å². The second kappa shape index (κ2) is 7.25. The quantitative estimate of drug-likeness (QED) is 0.449. The van der Waals surface area contributed by atoms with Crippen LogP contribution in [-0.4, -0.2) is 28.0 Å². The molecule has 0 saturated carbocycles. The van der Waals surface area contributed by atoms with Gasteiger partial charge < -0.3 is 4.74 Å². The van der Waals surface area contributed by atoms with Crippen LogP contribution < -0.4 is 5.56 Å². The van der Waals surface area contributed by atoms with E-state index < -0.39 is 0 Å². The molecule has 4 rings (SSSR count). The molecule has 1 aliphatic heterocycles. The number of nitrogens with zero attached hydrogens (tertiary/aromatic N) is 2. The van der Waals surface area contributed by atoms with Gasteiger partial charge in [0.15, 0.2) is 5.16 Å². The highest BCUT2D eigenvalue weighted by Crippen LogP contribution is 2.36. The third-order valence-electron chi connectivity index (χ3n) is 5.12. The molecule has 0 unspecified atom stereocenters. The molecule has 2 aromatic rings. The van der Waals surface area contributed by atoms with Crippen LogP contribution in [0.2, 0.25) is 0 Å². The van der Waals surface area contributed by atoms with Crippen LogP contribution in [0.5, 0.6) is 0 Å². The lowest BCUT2D eigenvalue weighted by Gasteiger charge is -2.18. The molecule has 0 radical (unpaired) electrons. The standard InChI is InChI=1S/C19H24N2O2S2/c1-3-9-24-19-20-17-16(14-7-6-12(2)10-15(14)25-17)18(22)21(19)11-13-5-4-8-23-13/h3,12-13H,1,4-11H2,2H3/t12-,13-/m0/s1. The van der Waals surface area contributed by atoms with Crippen molar-refractivity contribution in [3.05, 3.63) is 33.4 Å². The summed E-state index contributed by atoms with van der Waals surface area (Å²) >= 11 is 3.31. The number of hydrogen-bond acceptors (Lipinski definition) is 5. The van der Waals surface area contributed by atoms with E-state index in [1.165, 1.54) is 10.4 Å². The number of ether oxygens (including phenoxy) is 1. The molecule has 4 nitrogen and oxygen atoms in total. The smallest absolute Gasteiger partial charge is 0.263 e. The van der Waals surface area contributed by atoms with Crippen molar-refractivity contribution in [1.82, 2.24) is 9.55 Å². The molecule has 1 saturated heterocycles. The van der Waals surface area contributed by atoms with Crippen molar-refractivity contribution in [1.29, 1.82) is 0 Å². The van der Waals surface area contributed by atoms with Crippen molar-refractivity contribution >= 4 is 33.3 Å². The van der Waals surface area contributed by atoms with Gasteiger partial charge in [-0.3, -0.25) is 9.36 Å². The van der Waals surface area contributed by atoms with E-state index in [9.17, 15) is 4.79 Å². The molecule has 0 N–H and O–H groups in total. The highest BCUT2D eigenvalue weighted by Gasteiger charge is 2.26. The van der Waals surface area contributed by atoms with Gasteiger partial charge in [0, 0.05) is 17.2 Å². The molecule has 2 aromatic heterocycles. The van der Waals surface area contributed by atoms with Crippen molar-refractivity contribution in [3.8, 4) is 0 Å². The zero-order valence-electron chi connectivity index (χ0n) is 14.6. The Balaban J connectivity index is 1.82. The van der Waals surface area contributed by atoms with Crippen LogP contribution in [-0.2, 0) is 24.1 Å². The van der Waals surface area contributed by atoms with E-state index in [2.05, 4.69) is 13.5 Å². The fourth-order valence-corrected chi connectivity index (χ4v) is 5.97. The third-order valence-corrected chi connectivity index (χ3v) is 7.24. The minimum absolute atomic E-state index is 0.124. The maximum absolute atomic E-state index is 13.3. The van der Waals surface area contributed by atoms with Crippen LogP contribution in [0.3, 0.4) is 0 Å². The van der Waals surface area contributed by atoms with Crippen LogP contribution >= 0.6 is 23.1 Å². The van der Waals surface area contributed by atoms with Gasteiger partial charge in [0.1, 0.15) is 4.83 Å². The molecule has 0 spiro atoms. The van der Waals surface area contributed by atoms with E-state index in [-0.39, 0.29) is 11.7 Å². The fraction of sp³-hybridized carbons (Fsp3) is 0.579. The van der Waals surface area contributed by atoms with Gasteiger partial charge in [-0.2, -0.15) is 0 Å². The van der Waals surface area contributed by atoms with Crippen LogP contribution in [0.25, 0.3) is 10.2 Å². The fourth-order valence-electron chi connectivity index (χ4n) is 3.80. The zero-order chi connectivity index (χ0) is 17.4. The maximum Gasteiger partial charge on any atom is 0.263 e. The Bertz CT molecular complexity index is 849. The number of aryl methyl sites for hydroxylation is 1. The molecule has 134 valence electrons. The van der Waals surface area contributed by atoms with Crippen LogP contribution in [0.4, 0.5) is 0 Å². The average molecular weight is 377 g/mol. The zero-order valence-corrected chi connectivity index (χ0v) is 16.3. The summed E-state index contributed by atoms with van der Waals surface area (Å²) in [5.74, 6) is 1.45. The molecule has 3 heterocycles. The van der Waals surface area contributed by atoms with Crippen molar-refractivity contribution < 1.29 is 4.74 Å². The van der Waals surface area contributed by atoms with Gasteiger partial charge >= 0.3 is 0 Å². The molecule has 0 amide bonds. The summed E-state index contributed by atoms with van der Waals surface area (Å²) in [5, 5.41) is 1.67. The van der Waals surface area contributed by atoms with E-state index in [0.29, 0.717) is 12.5 Å². The molecular formula is C19H24N2O2S2. The van der Waals surface area contributed by atoms with Crippen molar-refractivity contribution in [2.75, 3.05) is 12.4 Å². The van der Waals surface area contributed by atoms with Crippen LogP contribution in [0, 0.1) is 5.92 Å². The molecule has 1 aliphatic carbocycles. The topological polar surface area (TPSA) is 44.1 Å². The number of rotatable bonds is 5. The number of fused-ring (bicyclic) bond motifs is 3. The Morgan fingerprint density at radius 3 is 3.12 bits per heavy atom. The second-order valence-electron chi connectivity index (χ2n) is 7.08. The number of thiophene rings is 1. The monoisotopic (exact) mass is 376 g/mol. The first kappa shape index (κ1) is 17.3. The molecule has 0 bridgehead atoms. The lowest BCUT2D eigenvalue weighted by molar-refractivity contribution is 0.0937. The molecular weight excluding hydrogens is 352 g/mol. The van der Waals surface area contributed by atoms with Crippen molar-refractivity contribution in [2.24, 2.45) is 5.92 Å². The van der Waals surface area contributed by atoms with E-state index in [1.54, 1.807) is 23.1 Å². The Labute approximate surface area is 156 Å². The number of aromatic nitrogens is 2. The van der Waals surface area contributed by atoms with Crippen LogP contribution in [0.1, 0.15) is 36.6 Å². The lowest BCUT2D eigenvalue weighted by atomic mass is 9.89. The SMILES string of the molecule is C=CCSc1nc2sc3c(c2c(=O)n1C[C@@H]1CCCO1)CC[C@H](C)C3. The molecule has 6 heteroatoms. The molecule has 0 aromatic carbocycles. The predicted octanol–water partition coefficient (Wildman–Crippen LogP) is 4.04. The summed E-state index contributed by atoms with van der Waals surface area (Å²) in [7, 11) is 0. The molecule has 1 fully saturated rings. The van der Waals surface area contributed by atoms with Gasteiger partial charge in [0.2, 0.25) is 0 Å². The first-order valence-corrected chi connectivity index (χ1v) is 10.9. The molecule has 25 heavy (non-hydrogen) atoms. The maximum atomic E-state index is 13.3. The Morgan fingerprint density at radius 2 is 2.36 bits per heavy atom. The summed E-state index contributed by atoms with van der Waals surface area (Å²) < 4.78 is 7.64. The van der Waals surface area contributed by atoms with Crippen molar-refractivity contribution in [3.63, 3.8) is 0 Å². The summed E-state index contributed by atoms with van der Waals surface area (Å²) in [4.78, 5) is 20.5. The van der Waals surface area contributed by atoms with Gasteiger partial charge in [-0.1, -0.05) is 24.8 Å². The summed E-state index contributed by atoms with van der Waals surface area (Å²) in [5.41, 5.74) is 1.39. The summed E-state index contributed by atoms with van der Waals surface area (Å²) in [6.45, 7) is 7.51. The number of hydrogen-bond donors (Lipinski definition) is 0. The molecule has 2 atom stereocenters. The van der Waals surface area contributed by atoms with E-state index in [1.807, 2.05) is 10.6 Å². The normalized spacial score (nSPS) is 23.1. The average Bonchev–Trinajstić information content (AvgIpc) is 3.22. The highest BCUT2D eigenvalue weighted by atomic mass is 32.2. The lowest BCUT2D eigenvalue weighted by Crippen LogP contribution is -2.29. The van der Waals surface area contributed by atoms with Gasteiger partial charge in [-0.05, 0) is 43.6 Å². The minimum Gasteiger partial charge on any atom is -0.376 e. The summed E-state index contributed by atoms with van der Waals surface area (Å²) in [6.07, 6.45) is 7.35. The second-order valence-corrected chi connectivity index (χ2v) is 9.15. The highest BCUT2D eigenvalue weighted by molar-refractivity contribution is 7.99. The Kier molecular flexibility index (Phi) is 5.02. The van der Waals surface area contributed by atoms with Crippen LogP contribution in [0.15, 0.2) is 22.6 Å². The van der Waals surface area contributed by atoms with Gasteiger partial charge in [-0.25, -0.2) is 4.98 Å². The van der Waals surface area contributed by atoms with Gasteiger partial charge in [-0.15, -0.1) is 17.9 Å². The van der Waals surface area contributed by atoms with E-state index >= 15 is 0 Å². The number of thioether (sulfide) groups is 1. The van der Waals surface area contributed by atoms with Gasteiger partial charge in [0.05, 0.1) is 18.0 Å². The summed E-state index contributed by atoms with van der Waals surface area (Å²) in [6, 6.07) is 0.